The van der Waals surface area contributed by atoms with E-state index in [2.05, 4.69) is 5.32 Å². The maximum atomic E-state index is 13.3. The molecule has 1 aromatic carbocycles. The normalized spacial score (nSPS) is 24.5. The lowest BCUT2D eigenvalue weighted by Crippen LogP contribution is -2.56. The van der Waals surface area contributed by atoms with Crippen molar-refractivity contribution in [2.75, 3.05) is 59.0 Å². The number of benzene rings is 1. The smallest absolute Gasteiger partial charge is 0.325 e. The molecule has 34 heavy (non-hydrogen) atoms. The summed E-state index contributed by atoms with van der Waals surface area (Å²) in [4.78, 5) is 69.3. The average molecular weight is 469 g/mol. The lowest BCUT2D eigenvalue weighted by Gasteiger charge is -2.36. The monoisotopic (exact) mass is 469 g/mol. The largest absolute Gasteiger partial charge is 0.378 e. The molecule has 3 saturated heterocycles. The predicted molar refractivity (Wildman–Crippen MR) is 117 cm³/mol. The fraction of sp³-hybridized carbons (Fsp3) is 0.522. The molecule has 1 unspecified atom stereocenters. The van der Waals surface area contributed by atoms with E-state index in [-0.39, 0.29) is 38.6 Å². The number of hydrogen-bond acceptors (Lipinski definition) is 6. The summed E-state index contributed by atoms with van der Waals surface area (Å²) in [6.45, 7) is 2.17. The number of rotatable bonds is 2. The molecule has 0 saturated carbocycles. The summed E-state index contributed by atoms with van der Waals surface area (Å²) in [6.07, 6.45) is 1.16. The zero-order chi connectivity index (χ0) is 23.9. The first kappa shape index (κ1) is 22.3. The number of piperazine rings is 1. The van der Waals surface area contributed by atoms with E-state index in [1.54, 1.807) is 0 Å². The summed E-state index contributed by atoms with van der Waals surface area (Å²) in [5.41, 5.74) is 0.718. The Balaban J connectivity index is 1.18. The molecule has 1 atom stereocenters. The third-order valence-corrected chi connectivity index (χ3v) is 7.12. The number of ether oxygens (including phenoxy) is 1. The number of aryl methyl sites for hydroxylation is 1. The maximum absolute atomic E-state index is 13.3. The minimum Gasteiger partial charge on any atom is -0.378 e. The molecular weight excluding hydrogens is 442 g/mol. The highest BCUT2D eigenvalue weighted by Gasteiger charge is 2.55. The van der Waals surface area contributed by atoms with Gasteiger partial charge in [-0.1, -0.05) is 24.3 Å². The number of fused-ring (bicyclic) bond motifs is 2. The van der Waals surface area contributed by atoms with Crippen LogP contribution in [0.5, 0.6) is 0 Å². The van der Waals surface area contributed by atoms with Crippen LogP contribution in [0, 0.1) is 0 Å². The van der Waals surface area contributed by atoms with Crippen molar-refractivity contribution in [1.29, 1.82) is 0 Å². The van der Waals surface area contributed by atoms with E-state index in [1.165, 1.54) is 14.7 Å². The molecule has 180 valence electrons. The summed E-state index contributed by atoms with van der Waals surface area (Å²) in [6, 6.07) is 6.96. The van der Waals surface area contributed by atoms with Crippen molar-refractivity contribution in [1.82, 2.24) is 24.9 Å². The van der Waals surface area contributed by atoms with Gasteiger partial charge < -0.3 is 24.8 Å². The summed E-state index contributed by atoms with van der Waals surface area (Å²) in [5.74, 6) is -1.89. The molecule has 11 nitrogen and oxygen atoms in total. The second-order valence-electron chi connectivity index (χ2n) is 8.96. The van der Waals surface area contributed by atoms with Gasteiger partial charge in [0.15, 0.2) is 0 Å². The molecule has 5 rings (SSSR count). The molecular formula is C23H27N5O6. The van der Waals surface area contributed by atoms with E-state index in [0.717, 1.165) is 16.0 Å². The summed E-state index contributed by atoms with van der Waals surface area (Å²) >= 11 is 0. The van der Waals surface area contributed by atoms with Crippen LogP contribution >= 0.6 is 0 Å². The summed E-state index contributed by atoms with van der Waals surface area (Å²) in [7, 11) is 0. The third-order valence-electron chi connectivity index (χ3n) is 7.12. The average Bonchev–Trinajstić information content (AvgIpc) is 3.36. The number of nitrogens with zero attached hydrogens (tertiary/aromatic N) is 4. The van der Waals surface area contributed by atoms with Crippen molar-refractivity contribution in [2.24, 2.45) is 0 Å². The van der Waals surface area contributed by atoms with Crippen molar-refractivity contribution in [3.8, 4) is 0 Å². The van der Waals surface area contributed by atoms with Crippen LogP contribution in [-0.2, 0) is 35.9 Å². The van der Waals surface area contributed by atoms with Crippen LogP contribution in [0.4, 0.5) is 4.79 Å². The minimum atomic E-state index is -1.10. The van der Waals surface area contributed by atoms with Gasteiger partial charge in [0.1, 0.15) is 12.1 Å². The number of imide groups is 1. The Bertz CT molecular complexity index is 1050. The third kappa shape index (κ3) is 3.69. The van der Waals surface area contributed by atoms with Gasteiger partial charge in [0.25, 0.3) is 5.91 Å². The summed E-state index contributed by atoms with van der Waals surface area (Å²) < 4.78 is 5.21. The highest BCUT2D eigenvalue weighted by molar-refractivity contribution is 6.35. The van der Waals surface area contributed by atoms with E-state index >= 15 is 0 Å². The van der Waals surface area contributed by atoms with Crippen LogP contribution in [0.3, 0.4) is 0 Å². The number of nitrogens with one attached hydrogen (secondary N) is 1. The number of urea groups is 1. The minimum absolute atomic E-state index is 0.220. The first-order valence-electron chi connectivity index (χ1n) is 11.6. The Morgan fingerprint density at radius 2 is 1.50 bits per heavy atom. The molecule has 11 heteroatoms. The van der Waals surface area contributed by atoms with Crippen LogP contribution < -0.4 is 5.32 Å². The van der Waals surface area contributed by atoms with E-state index in [0.29, 0.717) is 39.1 Å². The van der Waals surface area contributed by atoms with Crippen molar-refractivity contribution >= 4 is 29.7 Å². The van der Waals surface area contributed by atoms with Crippen LogP contribution in [0.1, 0.15) is 17.5 Å². The van der Waals surface area contributed by atoms with Gasteiger partial charge in [0.2, 0.25) is 5.91 Å². The Kier molecular flexibility index (Phi) is 5.72. The van der Waals surface area contributed by atoms with Gasteiger partial charge in [-0.05, 0) is 24.0 Å². The zero-order valence-electron chi connectivity index (χ0n) is 18.8. The molecule has 1 spiro atoms. The van der Waals surface area contributed by atoms with E-state index in [4.69, 9.17) is 4.74 Å². The van der Waals surface area contributed by atoms with Gasteiger partial charge in [0, 0.05) is 39.3 Å². The van der Waals surface area contributed by atoms with E-state index < -0.39 is 29.3 Å². The summed E-state index contributed by atoms with van der Waals surface area (Å²) in [5, 5.41) is 2.82. The van der Waals surface area contributed by atoms with Crippen LogP contribution in [0.25, 0.3) is 0 Å². The Labute approximate surface area is 196 Å². The fourth-order valence-corrected chi connectivity index (χ4v) is 5.16. The molecule has 0 radical (unpaired) electrons. The van der Waals surface area contributed by atoms with Crippen molar-refractivity contribution in [3.63, 3.8) is 0 Å². The Hall–Kier alpha value is -3.47. The van der Waals surface area contributed by atoms with E-state index in [9.17, 15) is 24.0 Å². The van der Waals surface area contributed by atoms with Crippen molar-refractivity contribution in [2.45, 2.75) is 18.4 Å². The molecule has 4 aliphatic rings. The van der Waals surface area contributed by atoms with Crippen LogP contribution in [0.2, 0.25) is 0 Å². The maximum Gasteiger partial charge on any atom is 0.325 e. The molecule has 0 aromatic heterocycles. The highest BCUT2D eigenvalue weighted by Crippen LogP contribution is 2.41. The van der Waals surface area contributed by atoms with Crippen molar-refractivity contribution < 1.29 is 28.7 Å². The standard InChI is InChI=1S/C23H27N5O6/c29-18(25-7-9-26(10-8-25)19(30)20(31)27-11-13-34-14-12-27)15-28-21(32)23(24-22(28)33)6-5-16-3-1-2-4-17(16)23/h1-4H,5-15H2,(H,24,33). The molecule has 3 aliphatic heterocycles. The Morgan fingerprint density at radius 3 is 2.21 bits per heavy atom. The van der Waals surface area contributed by atoms with Crippen molar-refractivity contribution in [3.05, 3.63) is 35.4 Å². The van der Waals surface area contributed by atoms with Gasteiger partial charge in [-0.25, -0.2) is 4.79 Å². The number of morpholine rings is 1. The van der Waals surface area contributed by atoms with E-state index in [1.807, 2.05) is 24.3 Å². The van der Waals surface area contributed by atoms with Crippen LogP contribution in [-0.4, -0.2) is 108 Å². The molecule has 3 heterocycles. The molecule has 1 aliphatic carbocycles. The SMILES string of the molecule is O=C(CN1C(=O)NC2(CCc3ccccc32)C1=O)N1CCN(C(=O)C(=O)N2CCOCC2)CC1. The Morgan fingerprint density at radius 1 is 0.882 bits per heavy atom. The number of amides is 6. The number of carbonyl (C=O) groups excluding carboxylic acids is 5. The zero-order valence-corrected chi connectivity index (χ0v) is 18.8. The van der Waals surface area contributed by atoms with Gasteiger partial charge in [0.05, 0.1) is 13.2 Å². The van der Waals surface area contributed by atoms with Gasteiger partial charge in [-0.15, -0.1) is 0 Å². The molecule has 1 aromatic rings. The fourth-order valence-electron chi connectivity index (χ4n) is 5.16. The molecule has 6 amide bonds. The topological polar surface area (TPSA) is 120 Å². The first-order valence-corrected chi connectivity index (χ1v) is 11.6. The van der Waals surface area contributed by atoms with Gasteiger partial charge >= 0.3 is 17.8 Å². The lowest BCUT2D eigenvalue weighted by molar-refractivity contribution is -0.155. The second-order valence-corrected chi connectivity index (χ2v) is 8.96. The predicted octanol–water partition coefficient (Wildman–Crippen LogP) is -1.09. The molecule has 3 fully saturated rings. The lowest BCUT2D eigenvalue weighted by atomic mass is 9.92. The molecule has 1 N–H and O–H groups in total. The van der Waals surface area contributed by atoms with Gasteiger partial charge in [-0.3, -0.25) is 24.1 Å². The molecule has 0 bridgehead atoms. The first-order chi connectivity index (χ1) is 16.4. The highest BCUT2D eigenvalue weighted by atomic mass is 16.5. The number of hydrogen-bond donors (Lipinski definition) is 1. The quantitative estimate of drug-likeness (QED) is 0.434. The van der Waals surface area contributed by atoms with Crippen LogP contribution in [0.15, 0.2) is 24.3 Å². The second kappa shape index (κ2) is 8.71. The number of carbonyl (C=O) groups is 5. The van der Waals surface area contributed by atoms with Gasteiger partial charge in [-0.2, -0.15) is 0 Å².